The summed E-state index contributed by atoms with van der Waals surface area (Å²) in [7, 11) is 0. The van der Waals surface area contributed by atoms with Gasteiger partial charge in [0.25, 0.3) is 0 Å². The molecule has 0 aliphatic heterocycles. The first-order valence-electron chi connectivity index (χ1n) is 10.7. The molecule has 31 heavy (non-hydrogen) atoms. The molecule has 2 aromatic rings. The highest BCUT2D eigenvalue weighted by Gasteiger charge is 2.27. The lowest BCUT2D eigenvalue weighted by molar-refractivity contribution is -0.147. The molecule has 6 nitrogen and oxygen atoms in total. The van der Waals surface area contributed by atoms with E-state index in [9.17, 15) is 19.8 Å². The fourth-order valence-corrected chi connectivity index (χ4v) is 3.20. The topological polar surface area (TPSA) is 101 Å². The van der Waals surface area contributed by atoms with Crippen LogP contribution in [-0.2, 0) is 16.0 Å². The van der Waals surface area contributed by atoms with E-state index in [0.717, 1.165) is 18.6 Å². The van der Waals surface area contributed by atoms with Gasteiger partial charge in [-0.3, -0.25) is 9.59 Å². The zero-order chi connectivity index (χ0) is 23.2. The molecule has 1 unspecified atom stereocenters. The Bertz CT molecular complexity index is 907. The molecular formula is C25H34O6. The number of carboxylic acids is 2. The van der Waals surface area contributed by atoms with Gasteiger partial charge in [0.15, 0.2) is 0 Å². The van der Waals surface area contributed by atoms with Crippen LogP contribution in [0.2, 0.25) is 0 Å². The number of furan rings is 2. The van der Waals surface area contributed by atoms with Gasteiger partial charge < -0.3 is 19.0 Å². The van der Waals surface area contributed by atoms with Crippen LogP contribution >= 0.6 is 0 Å². The number of carbonyl (C=O) groups is 2. The second-order valence-corrected chi connectivity index (χ2v) is 9.91. The van der Waals surface area contributed by atoms with E-state index in [1.54, 1.807) is 38.1 Å². The largest absolute Gasteiger partial charge is 0.481 e. The zero-order valence-corrected chi connectivity index (χ0v) is 19.1. The fraction of sp³-hybridized carbons (Fsp3) is 0.520. The van der Waals surface area contributed by atoms with E-state index in [1.807, 2.05) is 12.1 Å². The molecule has 0 amide bonds. The van der Waals surface area contributed by atoms with Crippen molar-refractivity contribution in [2.75, 3.05) is 0 Å². The second kappa shape index (κ2) is 10.0. The molecule has 2 N–H and O–H groups in total. The van der Waals surface area contributed by atoms with Gasteiger partial charge >= 0.3 is 11.9 Å². The third-order valence-electron chi connectivity index (χ3n) is 5.37. The van der Waals surface area contributed by atoms with Crippen molar-refractivity contribution >= 4 is 24.1 Å². The summed E-state index contributed by atoms with van der Waals surface area (Å²) < 4.78 is 11.5. The van der Waals surface area contributed by atoms with Crippen LogP contribution in [-0.4, -0.2) is 22.2 Å². The summed E-state index contributed by atoms with van der Waals surface area (Å²) in [5.74, 6) is 0.150. The number of carboxylic acid groups (broad SMARTS) is 2. The van der Waals surface area contributed by atoms with Crippen molar-refractivity contribution in [2.45, 2.75) is 72.6 Å². The van der Waals surface area contributed by atoms with Crippen LogP contribution in [0, 0.1) is 10.8 Å². The summed E-state index contributed by atoms with van der Waals surface area (Å²) >= 11 is 0. The third-order valence-corrected chi connectivity index (χ3v) is 5.37. The van der Waals surface area contributed by atoms with Crippen LogP contribution in [0.1, 0.15) is 89.3 Å². The lowest BCUT2D eigenvalue weighted by atomic mass is 9.86. The summed E-state index contributed by atoms with van der Waals surface area (Å²) in [5.41, 5.74) is -0.684. The smallest absolute Gasteiger partial charge is 0.314 e. The Hall–Kier alpha value is -2.76. The minimum Gasteiger partial charge on any atom is -0.481 e. The molecule has 170 valence electrons. The molecule has 2 heterocycles. The van der Waals surface area contributed by atoms with Crippen LogP contribution in [0.15, 0.2) is 33.1 Å². The van der Waals surface area contributed by atoms with E-state index in [0.29, 0.717) is 36.5 Å². The normalized spacial score (nSPS) is 13.6. The quantitative estimate of drug-likeness (QED) is 0.423. The Morgan fingerprint density at radius 3 is 2.13 bits per heavy atom. The van der Waals surface area contributed by atoms with Crippen molar-refractivity contribution in [3.05, 3.63) is 47.3 Å². The molecule has 0 aliphatic rings. The molecule has 0 aliphatic carbocycles. The summed E-state index contributed by atoms with van der Waals surface area (Å²) in [6.07, 6.45) is 6.81. The van der Waals surface area contributed by atoms with E-state index in [1.165, 1.54) is 0 Å². The van der Waals surface area contributed by atoms with Crippen molar-refractivity contribution < 1.29 is 28.6 Å². The highest BCUT2D eigenvalue weighted by Crippen LogP contribution is 2.30. The Labute approximate surface area is 184 Å². The molecule has 0 saturated heterocycles. The maximum absolute atomic E-state index is 11.7. The number of rotatable bonds is 11. The summed E-state index contributed by atoms with van der Waals surface area (Å²) in [5, 5.41) is 18.7. The molecule has 0 radical (unpaired) electrons. The van der Waals surface area contributed by atoms with E-state index >= 15 is 0 Å². The maximum Gasteiger partial charge on any atom is 0.314 e. The molecule has 2 rings (SSSR count). The highest BCUT2D eigenvalue weighted by molar-refractivity contribution is 5.75. The van der Waals surface area contributed by atoms with Crippen LogP contribution in [0.3, 0.4) is 0 Å². The minimum absolute atomic E-state index is 0.0589. The van der Waals surface area contributed by atoms with E-state index in [-0.39, 0.29) is 5.41 Å². The summed E-state index contributed by atoms with van der Waals surface area (Å²) in [6, 6.07) is 7.21. The first-order chi connectivity index (χ1) is 14.4. The molecular weight excluding hydrogens is 396 g/mol. The number of aliphatic carboxylic acids is 2. The predicted molar refractivity (Wildman–Crippen MR) is 120 cm³/mol. The van der Waals surface area contributed by atoms with Crippen molar-refractivity contribution in [3.63, 3.8) is 0 Å². The van der Waals surface area contributed by atoms with Crippen molar-refractivity contribution in [1.29, 1.82) is 0 Å². The van der Waals surface area contributed by atoms with Gasteiger partial charge in [-0.2, -0.15) is 0 Å². The third kappa shape index (κ3) is 7.78. The van der Waals surface area contributed by atoms with Gasteiger partial charge in [-0.05, 0) is 81.4 Å². The molecule has 2 aromatic heterocycles. The van der Waals surface area contributed by atoms with Gasteiger partial charge in [-0.15, -0.1) is 0 Å². The van der Waals surface area contributed by atoms with Crippen molar-refractivity contribution in [2.24, 2.45) is 10.8 Å². The lowest BCUT2D eigenvalue weighted by Crippen LogP contribution is -2.23. The molecule has 0 bridgehead atoms. The van der Waals surface area contributed by atoms with Gasteiger partial charge in [0.05, 0.1) is 5.41 Å². The van der Waals surface area contributed by atoms with Gasteiger partial charge in [0, 0.05) is 6.42 Å². The molecule has 1 atom stereocenters. The lowest BCUT2D eigenvalue weighted by Gasteiger charge is -2.20. The van der Waals surface area contributed by atoms with Crippen LogP contribution in [0.5, 0.6) is 0 Å². The number of hydrogen-bond donors (Lipinski definition) is 2. The Kier molecular flexibility index (Phi) is 7.93. The zero-order valence-electron chi connectivity index (χ0n) is 19.1. The van der Waals surface area contributed by atoms with Crippen LogP contribution < -0.4 is 0 Å². The van der Waals surface area contributed by atoms with E-state index < -0.39 is 23.3 Å². The second-order valence-electron chi connectivity index (χ2n) is 9.91. The molecule has 0 aromatic carbocycles. The fourth-order valence-electron chi connectivity index (χ4n) is 3.20. The number of aryl methyl sites for hydroxylation is 1. The monoisotopic (exact) mass is 430 g/mol. The Morgan fingerprint density at radius 2 is 1.55 bits per heavy atom. The Balaban J connectivity index is 1.95. The van der Waals surface area contributed by atoms with Crippen LogP contribution in [0.4, 0.5) is 0 Å². The van der Waals surface area contributed by atoms with Crippen molar-refractivity contribution in [3.8, 4) is 0 Å². The molecule has 0 spiro atoms. The highest BCUT2D eigenvalue weighted by atomic mass is 16.4. The summed E-state index contributed by atoms with van der Waals surface area (Å²) in [6.45, 7) is 9.72. The number of hydrogen-bond acceptors (Lipinski definition) is 4. The summed E-state index contributed by atoms with van der Waals surface area (Å²) in [4.78, 5) is 22.8. The maximum atomic E-state index is 11.7. The van der Waals surface area contributed by atoms with Gasteiger partial charge in [-0.25, -0.2) is 0 Å². The van der Waals surface area contributed by atoms with E-state index in [2.05, 4.69) is 20.8 Å². The molecule has 6 heteroatoms. The van der Waals surface area contributed by atoms with Gasteiger partial charge in [-0.1, -0.05) is 20.8 Å². The van der Waals surface area contributed by atoms with Crippen LogP contribution in [0.25, 0.3) is 12.2 Å². The minimum atomic E-state index is -0.879. The molecule has 0 fully saturated rings. The average molecular weight is 431 g/mol. The first-order valence-corrected chi connectivity index (χ1v) is 10.7. The van der Waals surface area contributed by atoms with Crippen molar-refractivity contribution in [1.82, 2.24) is 0 Å². The predicted octanol–water partition coefficient (Wildman–Crippen LogP) is 6.47. The Morgan fingerprint density at radius 1 is 0.935 bits per heavy atom. The first kappa shape index (κ1) is 24.5. The van der Waals surface area contributed by atoms with Gasteiger partial charge in [0.1, 0.15) is 29.0 Å². The average Bonchev–Trinajstić information content (AvgIpc) is 3.28. The van der Waals surface area contributed by atoms with Gasteiger partial charge in [0.2, 0.25) is 0 Å². The molecule has 0 saturated carbocycles. The standard InChI is InChI=1S/C25H34O6/c1-24(2,3)16-14-20(22(26)27)21-13-12-19(31-21)11-10-18-9-8-17(30-18)7-6-15-25(4,5)23(28)29/h8-13,20H,6-7,14-16H2,1-5H3,(H,26,27)(H,28,29)/b11-10+. The van der Waals surface area contributed by atoms with E-state index in [4.69, 9.17) is 8.83 Å². The SMILES string of the molecule is CC(C)(C)CCC(C(=O)O)c1ccc(/C=C/c2ccc(CCCC(C)(C)C(=O)O)o2)o1.